The number of halogens is 2. The number of amides is 2. The molecule has 2 aromatic rings. The summed E-state index contributed by atoms with van der Waals surface area (Å²) in [6.07, 6.45) is 12.1. The second kappa shape index (κ2) is 11.2. The van der Waals surface area contributed by atoms with Crippen LogP contribution in [0.2, 0.25) is 5.02 Å². The summed E-state index contributed by atoms with van der Waals surface area (Å²) in [6.45, 7) is 4.55. The maximum Gasteiger partial charge on any atom is 0.238 e. The van der Waals surface area contributed by atoms with Crippen LogP contribution in [0.4, 0.5) is 10.1 Å². The van der Waals surface area contributed by atoms with Crippen LogP contribution in [0.1, 0.15) is 107 Å². The molecule has 4 fully saturated rings. The van der Waals surface area contributed by atoms with Gasteiger partial charge >= 0.3 is 0 Å². The number of anilines is 1. The van der Waals surface area contributed by atoms with Crippen molar-refractivity contribution in [2.24, 2.45) is 17.8 Å². The third kappa shape index (κ3) is 4.82. The maximum atomic E-state index is 16.2. The average Bonchev–Trinajstić information content (AvgIpc) is 3.70. The van der Waals surface area contributed by atoms with Crippen LogP contribution in [0.25, 0.3) is 0 Å². The minimum atomic E-state index is -1.14. The fraction of sp³-hybridized carbons (Fsp3) is 0.611. The lowest BCUT2D eigenvalue weighted by atomic mass is 9.55. The van der Waals surface area contributed by atoms with Gasteiger partial charge in [0.05, 0.1) is 11.1 Å². The first-order chi connectivity index (χ1) is 20.7. The van der Waals surface area contributed by atoms with E-state index in [4.69, 9.17) is 11.6 Å². The molecule has 0 unspecified atom stereocenters. The molecule has 7 rings (SSSR count). The van der Waals surface area contributed by atoms with Crippen LogP contribution in [0.15, 0.2) is 36.4 Å². The second-order valence-electron chi connectivity index (χ2n) is 14.5. The zero-order valence-corrected chi connectivity index (χ0v) is 26.2. The molecule has 3 N–H and O–H groups in total. The summed E-state index contributed by atoms with van der Waals surface area (Å²) in [4.78, 5) is 29.1. The van der Waals surface area contributed by atoms with E-state index in [1.54, 1.807) is 18.2 Å². The molecule has 2 aliphatic heterocycles. The highest BCUT2D eigenvalue weighted by molar-refractivity contribution is 6.30. The molecule has 5 aliphatic rings. The van der Waals surface area contributed by atoms with E-state index >= 15 is 4.39 Å². The second-order valence-corrected chi connectivity index (χ2v) is 14.9. The van der Waals surface area contributed by atoms with Crippen LogP contribution in [0, 0.1) is 23.6 Å². The summed E-state index contributed by atoms with van der Waals surface area (Å²) < 4.78 is 16.2. The van der Waals surface area contributed by atoms with Gasteiger partial charge in [0.15, 0.2) is 0 Å². The number of benzene rings is 2. The summed E-state index contributed by atoms with van der Waals surface area (Å²) in [7, 11) is 0. The molecule has 1 saturated heterocycles. The van der Waals surface area contributed by atoms with Gasteiger partial charge in [-0.25, -0.2) is 4.39 Å². The molecule has 3 atom stereocenters. The number of carbonyl (C=O) groups excluding carboxylic acids is 2. The summed E-state index contributed by atoms with van der Waals surface area (Å²) in [5.41, 5.74) is 1.47. The fourth-order valence-corrected chi connectivity index (χ4v) is 9.48. The van der Waals surface area contributed by atoms with Gasteiger partial charge < -0.3 is 10.6 Å². The van der Waals surface area contributed by atoms with Crippen molar-refractivity contribution in [3.8, 4) is 0 Å². The molecule has 0 radical (unpaired) electrons. The monoisotopic (exact) mass is 605 g/mol. The predicted octanol–water partition coefficient (Wildman–Crippen LogP) is 7.41. The van der Waals surface area contributed by atoms with E-state index in [0.29, 0.717) is 17.4 Å². The summed E-state index contributed by atoms with van der Waals surface area (Å²) >= 11 is 6.40. The normalized spacial score (nSPS) is 31.4. The number of nitrogens with one attached hydrogen (secondary N) is 3. The summed E-state index contributed by atoms with van der Waals surface area (Å²) in [6, 6.07) is 10.7. The van der Waals surface area contributed by atoms with Crippen molar-refractivity contribution in [1.82, 2.24) is 10.6 Å². The van der Waals surface area contributed by atoms with Gasteiger partial charge in [0.1, 0.15) is 11.2 Å². The molecule has 2 heterocycles. The number of carbonyl (C=O) groups is 2. The van der Waals surface area contributed by atoms with Crippen LogP contribution in [-0.4, -0.2) is 29.4 Å². The van der Waals surface area contributed by atoms with Gasteiger partial charge in [0.25, 0.3) is 0 Å². The van der Waals surface area contributed by atoms with Gasteiger partial charge in [-0.1, -0.05) is 69.0 Å². The van der Waals surface area contributed by atoms with Crippen LogP contribution in [0.3, 0.4) is 0 Å². The highest BCUT2D eigenvalue weighted by Crippen LogP contribution is 2.62. The van der Waals surface area contributed by atoms with Crippen molar-refractivity contribution in [2.75, 3.05) is 5.32 Å². The van der Waals surface area contributed by atoms with E-state index in [2.05, 4.69) is 48.0 Å². The smallest absolute Gasteiger partial charge is 0.238 e. The van der Waals surface area contributed by atoms with Crippen LogP contribution < -0.4 is 16.0 Å². The Morgan fingerprint density at radius 2 is 1.79 bits per heavy atom. The number of hydrogen-bond donors (Lipinski definition) is 3. The topological polar surface area (TPSA) is 70.2 Å². The Hall–Kier alpha value is -2.44. The summed E-state index contributed by atoms with van der Waals surface area (Å²) in [5.74, 6) is 0.502. The van der Waals surface area contributed by atoms with E-state index in [0.717, 1.165) is 81.4 Å². The van der Waals surface area contributed by atoms with Crippen molar-refractivity contribution >= 4 is 29.1 Å². The molecule has 0 aromatic heterocycles. The minimum Gasteiger partial charge on any atom is -0.352 e. The lowest BCUT2D eigenvalue weighted by Gasteiger charge is -2.47. The highest BCUT2D eigenvalue weighted by atomic mass is 35.5. The third-order valence-electron chi connectivity index (χ3n) is 11.7. The molecule has 7 heteroatoms. The molecular weight excluding hydrogens is 561 g/mol. The molecular formula is C36H45ClFN3O2. The van der Waals surface area contributed by atoms with E-state index in [9.17, 15) is 9.59 Å². The Labute approximate surface area is 260 Å². The molecule has 3 saturated carbocycles. The van der Waals surface area contributed by atoms with Gasteiger partial charge in [-0.15, -0.1) is 0 Å². The van der Waals surface area contributed by atoms with Gasteiger partial charge in [-0.05, 0) is 104 Å². The molecule has 2 amide bonds. The van der Waals surface area contributed by atoms with E-state index < -0.39 is 28.7 Å². The molecule has 2 spiro atoms. The van der Waals surface area contributed by atoms with E-state index in [1.807, 2.05) is 0 Å². The number of rotatable bonds is 6. The van der Waals surface area contributed by atoms with Crippen molar-refractivity contribution in [2.45, 2.75) is 120 Å². The predicted molar refractivity (Wildman–Crippen MR) is 169 cm³/mol. The molecule has 5 nitrogen and oxygen atoms in total. The largest absolute Gasteiger partial charge is 0.352 e. The number of fused-ring (bicyclic) bond motifs is 3. The Bertz CT molecular complexity index is 1410. The highest BCUT2D eigenvalue weighted by Gasteiger charge is 2.72. The van der Waals surface area contributed by atoms with E-state index in [1.165, 1.54) is 18.4 Å². The van der Waals surface area contributed by atoms with Gasteiger partial charge in [-0.2, -0.15) is 0 Å². The summed E-state index contributed by atoms with van der Waals surface area (Å²) in [5, 5.41) is 10.4. The maximum absolute atomic E-state index is 16.2. The standard InChI is InChI=1S/C36H45ClFN3O2/c1-21(2)24-12-14-25(15-13-24)39-33(42)32-30(26-7-6-8-28(37)31(26)38)36(35(41-32)17-4-3-5-18-35)27-16-11-23(19-22-9-10-22)20-29(27)40-34(36)43/h6-8,11,16,20-22,24-25,30,32,41H,3-5,9-10,12-15,17-19H2,1-2H3,(H,39,42)(H,40,43)/t24?,25?,30-,32+,36+/m0/s1. The van der Waals surface area contributed by atoms with E-state index in [-0.39, 0.29) is 22.9 Å². The van der Waals surface area contributed by atoms with Crippen molar-refractivity contribution < 1.29 is 14.0 Å². The Morgan fingerprint density at radius 3 is 2.49 bits per heavy atom. The number of hydrogen-bond acceptors (Lipinski definition) is 3. The van der Waals surface area contributed by atoms with Crippen molar-refractivity contribution in [3.05, 3.63) is 63.9 Å². The zero-order valence-electron chi connectivity index (χ0n) is 25.5. The van der Waals surface area contributed by atoms with Gasteiger partial charge in [0, 0.05) is 23.2 Å². The minimum absolute atomic E-state index is 0.0156. The van der Waals surface area contributed by atoms with Crippen LogP contribution >= 0.6 is 11.6 Å². The van der Waals surface area contributed by atoms with Gasteiger partial charge in [0.2, 0.25) is 11.8 Å². The van der Waals surface area contributed by atoms with Crippen LogP contribution in [-0.2, 0) is 21.4 Å². The quantitative estimate of drug-likeness (QED) is 0.321. The molecule has 43 heavy (non-hydrogen) atoms. The molecule has 2 aromatic carbocycles. The SMILES string of the molecule is CC(C)C1CCC(NC(=O)[C@@H]2NC3(CCCCC3)[C@@]3(C(=O)Nc4cc(CC5CC5)ccc43)[C@H]2c2cccc(Cl)c2F)CC1. The Balaban J connectivity index is 1.33. The lowest BCUT2D eigenvalue weighted by Crippen LogP contribution is -2.60. The van der Waals surface area contributed by atoms with Gasteiger partial charge in [-0.3, -0.25) is 14.9 Å². The van der Waals surface area contributed by atoms with Crippen molar-refractivity contribution in [3.63, 3.8) is 0 Å². The molecule has 0 bridgehead atoms. The first-order valence-electron chi connectivity index (χ1n) is 16.7. The van der Waals surface area contributed by atoms with Crippen LogP contribution in [0.5, 0.6) is 0 Å². The third-order valence-corrected chi connectivity index (χ3v) is 12.0. The first kappa shape index (κ1) is 29.3. The zero-order chi connectivity index (χ0) is 29.9. The average molecular weight is 606 g/mol. The molecule has 230 valence electrons. The molecule has 3 aliphatic carbocycles. The van der Waals surface area contributed by atoms with Crippen molar-refractivity contribution in [1.29, 1.82) is 0 Å². The fourth-order valence-electron chi connectivity index (χ4n) is 9.30. The lowest BCUT2D eigenvalue weighted by molar-refractivity contribution is -0.124. The Morgan fingerprint density at radius 1 is 1.05 bits per heavy atom. The Kier molecular flexibility index (Phi) is 7.61. The first-order valence-corrected chi connectivity index (χ1v) is 17.1.